The lowest BCUT2D eigenvalue weighted by Crippen LogP contribution is -2.19. The van der Waals surface area contributed by atoms with E-state index >= 15 is 0 Å². The van der Waals surface area contributed by atoms with Crippen LogP contribution >= 0.6 is 0 Å². The van der Waals surface area contributed by atoms with Gasteiger partial charge >= 0.3 is 0 Å². The molecule has 61 heavy (non-hydrogen) atoms. The molecule has 1 aromatic heterocycles. The summed E-state index contributed by atoms with van der Waals surface area (Å²) < 4.78 is 7.17. The molecule has 3 aliphatic rings. The van der Waals surface area contributed by atoms with Crippen LogP contribution in [0.15, 0.2) is 132 Å². The lowest BCUT2D eigenvalue weighted by Gasteiger charge is -2.31. The Kier molecular flexibility index (Phi) is 7.59. The number of furan rings is 1. The maximum Gasteiger partial charge on any atom is 0.140 e. The van der Waals surface area contributed by atoms with E-state index in [1.165, 1.54) is 100 Å². The largest absolute Gasteiger partial charge is 0.455 e. The minimum Gasteiger partial charge on any atom is -0.455 e. The molecule has 2 heteroatoms. The molecule has 0 N–H and O–H groups in total. The Morgan fingerprint density at radius 3 is 1.33 bits per heavy atom. The van der Waals surface area contributed by atoms with Gasteiger partial charge in [-0.1, -0.05) is 162 Å². The van der Waals surface area contributed by atoms with E-state index < -0.39 is 0 Å². The summed E-state index contributed by atoms with van der Waals surface area (Å²) in [5.74, 6) is 0. The van der Waals surface area contributed by atoms with Crippen LogP contribution in [0.3, 0.4) is 0 Å². The van der Waals surface area contributed by atoms with E-state index in [9.17, 15) is 0 Å². The van der Waals surface area contributed by atoms with E-state index in [0.29, 0.717) is 0 Å². The molecular formula is C59H57NO. The van der Waals surface area contributed by atoms with Crippen LogP contribution in [0.5, 0.6) is 0 Å². The van der Waals surface area contributed by atoms with Crippen LogP contribution < -0.4 is 4.90 Å². The lowest BCUT2D eigenvalue weighted by molar-refractivity contribution is 0.556. The number of hydrogen-bond acceptors (Lipinski definition) is 2. The van der Waals surface area contributed by atoms with Crippen LogP contribution in [0.25, 0.3) is 55.3 Å². The lowest BCUT2D eigenvalue weighted by atomic mass is 9.79. The summed E-state index contributed by atoms with van der Waals surface area (Å²) in [6, 6.07) is 48.9. The zero-order valence-corrected chi connectivity index (χ0v) is 38.0. The van der Waals surface area contributed by atoms with Crippen molar-refractivity contribution in [1.29, 1.82) is 0 Å². The third kappa shape index (κ3) is 5.21. The Morgan fingerprint density at radius 1 is 0.393 bits per heavy atom. The third-order valence-corrected chi connectivity index (χ3v) is 14.9. The molecule has 0 saturated heterocycles. The molecule has 11 rings (SSSR count). The van der Waals surface area contributed by atoms with Crippen LogP contribution in [-0.4, -0.2) is 0 Å². The number of fused-ring (bicyclic) bond motifs is 13. The smallest absolute Gasteiger partial charge is 0.140 e. The fourth-order valence-electron chi connectivity index (χ4n) is 11.4. The Bertz CT molecular complexity index is 3080. The number of benzene rings is 7. The minimum atomic E-state index is -0.308. The molecule has 0 spiro atoms. The second-order valence-corrected chi connectivity index (χ2v) is 21.9. The minimum absolute atomic E-state index is 0.0173. The van der Waals surface area contributed by atoms with Crippen molar-refractivity contribution in [2.45, 2.75) is 110 Å². The predicted octanol–water partition coefficient (Wildman–Crippen LogP) is 16.6. The van der Waals surface area contributed by atoms with Gasteiger partial charge < -0.3 is 9.32 Å². The first-order valence-corrected chi connectivity index (χ1v) is 22.3. The Morgan fingerprint density at radius 2 is 0.836 bits per heavy atom. The van der Waals surface area contributed by atoms with E-state index in [-0.39, 0.29) is 27.1 Å². The first-order valence-electron chi connectivity index (χ1n) is 22.3. The van der Waals surface area contributed by atoms with Gasteiger partial charge in [0.15, 0.2) is 0 Å². The Hall–Kier alpha value is -5.86. The molecule has 8 aromatic rings. The number of rotatable bonds is 3. The van der Waals surface area contributed by atoms with Gasteiger partial charge in [-0.2, -0.15) is 0 Å². The van der Waals surface area contributed by atoms with Crippen molar-refractivity contribution in [1.82, 2.24) is 0 Å². The van der Waals surface area contributed by atoms with Gasteiger partial charge in [0, 0.05) is 55.2 Å². The maximum absolute atomic E-state index is 7.17. The number of hydrogen-bond donors (Lipinski definition) is 0. The second kappa shape index (κ2) is 12.2. The fraction of sp³-hybridized carbons (Fsp3) is 0.288. The first kappa shape index (κ1) is 38.1. The van der Waals surface area contributed by atoms with Crippen molar-refractivity contribution in [3.8, 4) is 33.4 Å². The monoisotopic (exact) mass is 795 g/mol. The summed E-state index contributed by atoms with van der Waals surface area (Å²) in [5, 5.41) is 2.42. The normalized spacial score (nSPS) is 16.3. The number of nitrogens with zero attached hydrogens (tertiary/aromatic N) is 1. The van der Waals surface area contributed by atoms with Crippen molar-refractivity contribution in [3.05, 3.63) is 172 Å². The van der Waals surface area contributed by atoms with Crippen LogP contribution in [0.2, 0.25) is 0 Å². The zero-order valence-electron chi connectivity index (χ0n) is 38.0. The van der Waals surface area contributed by atoms with Crippen molar-refractivity contribution in [2.24, 2.45) is 0 Å². The summed E-state index contributed by atoms with van der Waals surface area (Å²) >= 11 is 0. The first-order chi connectivity index (χ1) is 28.8. The van der Waals surface area contributed by atoms with Crippen molar-refractivity contribution >= 4 is 39.0 Å². The molecule has 0 atom stereocenters. The van der Waals surface area contributed by atoms with Crippen molar-refractivity contribution in [2.75, 3.05) is 4.90 Å². The van der Waals surface area contributed by atoms with Crippen LogP contribution in [-0.2, 0) is 27.1 Å². The summed E-state index contributed by atoms with van der Waals surface area (Å²) in [4.78, 5) is 2.51. The van der Waals surface area contributed by atoms with Crippen molar-refractivity contribution < 1.29 is 4.42 Å². The molecule has 3 aliphatic carbocycles. The summed E-state index contributed by atoms with van der Waals surface area (Å²) in [7, 11) is 0. The molecule has 7 aromatic carbocycles. The second-order valence-electron chi connectivity index (χ2n) is 21.9. The van der Waals surface area contributed by atoms with Gasteiger partial charge in [-0.15, -0.1) is 0 Å². The quantitative estimate of drug-likeness (QED) is 0.177. The maximum atomic E-state index is 7.17. The Balaban J connectivity index is 1.11. The summed E-state index contributed by atoms with van der Waals surface area (Å²) in [6.45, 7) is 28.2. The van der Waals surface area contributed by atoms with Gasteiger partial charge in [0.25, 0.3) is 0 Å². The van der Waals surface area contributed by atoms with Crippen LogP contribution in [0, 0.1) is 0 Å². The van der Waals surface area contributed by atoms with Crippen LogP contribution in [0.1, 0.15) is 128 Å². The molecule has 0 aliphatic heterocycles. The molecule has 1 heterocycles. The molecule has 0 saturated carbocycles. The molecular weight excluding hydrogens is 739 g/mol. The fourth-order valence-corrected chi connectivity index (χ4v) is 11.4. The van der Waals surface area contributed by atoms with Crippen molar-refractivity contribution in [3.63, 3.8) is 0 Å². The van der Waals surface area contributed by atoms with Gasteiger partial charge in [-0.05, 0) is 126 Å². The van der Waals surface area contributed by atoms with Gasteiger partial charge in [0.1, 0.15) is 11.2 Å². The van der Waals surface area contributed by atoms with Gasteiger partial charge in [-0.3, -0.25) is 0 Å². The molecule has 0 bridgehead atoms. The highest BCUT2D eigenvalue weighted by Crippen LogP contribution is 2.57. The van der Waals surface area contributed by atoms with Gasteiger partial charge in [0.05, 0.1) is 0 Å². The highest BCUT2D eigenvalue weighted by Gasteiger charge is 2.41. The highest BCUT2D eigenvalue weighted by molar-refractivity contribution is 6.10. The molecule has 304 valence electrons. The topological polar surface area (TPSA) is 16.4 Å². The molecule has 0 radical (unpaired) electrons. The molecule has 2 nitrogen and oxygen atoms in total. The average Bonchev–Trinajstić information content (AvgIpc) is 3.85. The van der Waals surface area contributed by atoms with Gasteiger partial charge in [0.2, 0.25) is 0 Å². The van der Waals surface area contributed by atoms with E-state index in [0.717, 1.165) is 16.9 Å². The van der Waals surface area contributed by atoms with Crippen LogP contribution in [0.4, 0.5) is 17.1 Å². The van der Waals surface area contributed by atoms with Gasteiger partial charge in [-0.25, -0.2) is 0 Å². The highest BCUT2D eigenvalue weighted by atomic mass is 16.3. The average molecular weight is 796 g/mol. The van der Waals surface area contributed by atoms with E-state index in [1.807, 2.05) is 0 Å². The molecule has 0 amide bonds. The Labute approximate surface area is 362 Å². The number of anilines is 3. The van der Waals surface area contributed by atoms with E-state index in [1.54, 1.807) is 0 Å². The molecule has 0 unspecified atom stereocenters. The predicted molar refractivity (Wildman–Crippen MR) is 258 cm³/mol. The standard InChI is InChI=1S/C59H57NO/c1-55(2,3)34-29-45-44-28-27-43-42-26-23-37(33-50(42)59(11,12)52(43)54(44)61-53(45)51(30-34)56(4,5)6)60(35-21-24-40-38-17-13-15-19-46(38)57(7,8)48(40)31-35)36-22-25-41-39-18-14-16-20-47(39)58(9,10)49(41)32-36/h13-33H,1-12H3. The SMILES string of the molecule is CC(C)(C)c1cc(C(C)(C)C)c2oc3c4c(ccc3c2c1)-c1ccc(N(c2ccc3c(c2)C(C)(C)c2ccccc2-3)c2ccc3c(c2)C(C)(C)c2ccccc2-3)cc1C4(C)C. The summed E-state index contributed by atoms with van der Waals surface area (Å²) in [6.07, 6.45) is 0. The summed E-state index contributed by atoms with van der Waals surface area (Å²) in [5.41, 5.74) is 23.6. The van der Waals surface area contributed by atoms with E-state index in [4.69, 9.17) is 4.42 Å². The zero-order chi connectivity index (χ0) is 42.8. The third-order valence-electron chi connectivity index (χ3n) is 14.9. The molecule has 0 fully saturated rings. The van der Waals surface area contributed by atoms with E-state index in [2.05, 4.69) is 215 Å².